The molecule has 1 aromatic rings. The second-order valence-electron chi connectivity index (χ2n) is 2.94. The zero-order valence-corrected chi connectivity index (χ0v) is 8.06. The summed E-state index contributed by atoms with van der Waals surface area (Å²) in [7, 11) is 0. The van der Waals surface area contributed by atoms with Gasteiger partial charge < -0.3 is 14.9 Å². The van der Waals surface area contributed by atoms with Crippen LogP contribution in [0.3, 0.4) is 0 Å². The van der Waals surface area contributed by atoms with Crippen molar-refractivity contribution in [2.24, 2.45) is 0 Å². The van der Waals surface area contributed by atoms with E-state index in [1.165, 1.54) is 6.07 Å². The fourth-order valence-electron chi connectivity index (χ4n) is 1.15. The average molecular weight is 210 g/mol. The van der Waals surface area contributed by atoms with Crippen LogP contribution in [0.5, 0.6) is 5.75 Å². The lowest BCUT2D eigenvalue weighted by Gasteiger charge is -2.09. The van der Waals surface area contributed by atoms with Gasteiger partial charge in [-0.1, -0.05) is 12.1 Å². The third-order valence-electron chi connectivity index (χ3n) is 1.78. The summed E-state index contributed by atoms with van der Waals surface area (Å²) in [6.07, 6.45) is 0. The molecule has 0 bridgehead atoms. The summed E-state index contributed by atoms with van der Waals surface area (Å²) in [5, 5.41) is 17.3. The summed E-state index contributed by atoms with van der Waals surface area (Å²) in [5.41, 5.74) is 0.562. The summed E-state index contributed by atoms with van der Waals surface area (Å²) in [6, 6.07) is 4.60. The fraction of sp³-hybridized carbons (Fsp3) is 0.200. The molecule has 0 aliphatic rings. The highest BCUT2D eigenvalue weighted by Crippen LogP contribution is 2.23. The minimum absolute atomic E-state index is 0.0312. The van der Waals surface area contributed by atoms with Gasteiger partial charge in [-0.15, -0.1) is 0 Å². The summed E-state index contributed by atoms with van der Waals surface area (Å²) in [4.78, 5) is 21.1. The Balaban J connectivity index is 3.02. The van der Waals surface area contributed by atoms with Gasteiger partial charge in [0.1, 0.15) is 11.3 Å². The molecule has 0 aromatic heterocycles. The van der Waals surface area contributed by atoms with Gasteiger partial charge in [0.05, 0.1) is 0 Å². The first-order valence-corrected chi connectivity index (χ1v) is 4.20. The van der Waals surface area contributed by atoms with Crippen molar-refractivity contribution in [3.05, 3.63) is 29.3 Å². The van der Waals surface area contributed by atoms with Crippen LogP contribution in [-0.2, 0) is 4.79 Å². The van der Waals surface area contributed by atoms with Crippen LogP contribution in [0.25, 0.3) is 0 Å². The zero-order chi connectivity index (χ0) is 11.4. The van der Waals surface area contributed by atoms with Gasteiger partial charge in [0.2, 0.25) is 0 Å². The Labute approximate surface area is 85.9 Å². The second kappa shape index (κ2) is 4.45. The van der Waals surface area contributed by atoms with Gasteiger partial charge in [-0.3, -0.25) is 0 Å². The van der Waals surface area contributed by atoms with Gasteiger partial charge in [0.15, 0.2) is 6.61 Å². The lowest BCUT2D eigenvalue weighted by atomic mass is 10.1. The number of carbonyl (C=O) groups is 2. The molecule has 0 aliphatic heterocycles. The van der Waals surface area contributed by atoms with E-state index in [1.54, 1.807) is 19.1 Å². The molecule has 0 saturated carbocycles. The van der Waals surface area contributed by atoms with Gasteiger partial charge >= 0.3 is 11.9 Å². The molecule has 0 spiro atoms. The highest BCUT2D eigenvalue weighted by molar-refractivity contribution is 5.91. The average Bonchev–Trinajstić information content (AvgIpc) is 2.15. The minimum atomic E-state index is -1.14. The van der Waals surface area contributed by atoms with E-state index in [2.05, 4.69) is 0 Å². The highest BCUT2D eigenvalue weighted by atomic mass is 16.5. The van der Waals surface area contributed by atoms with Crippen LogP contribution in [0, 0.1) is 6.92 Å². The Hall–Kier alpha value is -2.04. The van der Waals surface area contributed by atoms with Gasteiger partial charge in [0, 0.05) is 0 Å². The Morgan fingerprint density at radius 2 is 2.00 bits per heavy atom. The van der Waals surface area contributed by atoms with Gasteiger partial charge in [-0.2, -0.15) is 0 Å². The van der Waals surface area contributed by atoms with Crippen molar-refractivity contribution in [2.45, 2.75) is 6.92 Å². The quantitative estimate of drug-likeness (QED) is 0.778. The molecular weight excluding hydrogens is 200 g/mol. The number of rotatable bonds is 4. The number of ether oxygens (including phenoxy) is 1. The van der Waals surface area contributed by atoms with Crippen molar-refractivity contribution < 1.29 is 24.5 Å². The maximum Gasteiger partial charge on any atom is 0.341 e. The third-order valence-corrected chi connectivity index (χ3v) is 1.78. The Morgan fingerprint density at radius 3 is 2.53 bits per heavy atom. The number of benzene rings is 1. The van der Waals surface area contributed by atoms with Gasteiger partial charge in [-0.25, -0.2) is 9.59 Å². The van der Waals surface area contributed by atoms with Crippen LogP contribution in [0.2, 0.25) is 0 Å². The van der Waals surface area contributed by atoms with Crippen LogP contribution >= 0.6 is 0 Å². The lowest BCUT2D eigenvalue weighted by Crippen LogP contribution is -2.12. The molecule has 0 fully saturated rings. The maximum atomic E-state index is 10.8. The van der Waals surface area contributed by atoms with E-state index in [1.807, 2.05) is 0 Å². The SMILES string of the molecule is Cc1cccc(C(=O)O)c1OCC(=O)O. The largest absolute Gasteiger partial charge is 0.481 e. The molecule has 0 aliphatic carbocycles. The van der Waals surface area contributed by atoms with E-state index in [0.717, 1.165) is 0 Å². The molecule has 5 nitrogen and oxygen atoms in total. The summed E-state index contributed by atoms with van der Waals surface area (Å²) in [6.45, 7) is 1.11. The summed E-state index contributed by atoms with van der Waals surface area (Å²) in [5.74, 6) is -2.18. The van der Waals surface area contributed by atoms with Crippen LogP contribution in [0.15, 0.2) is 18.2 Å². The Kier molecular flexibility index (Phi) is 3.28. The van der Waals surface area contributed by atoms with E-state index in [-0.39, 0.29) is 11.3 Å². The first kappa shape index (κ1) is 11.0. The van der Waals surface area contributed by atoms with E-state index < -0.39 is 18.5 Å². The lowest BCUT2D eigenvalue weighted by molar-refractivity contribution is -0.139. The van der Waals surface area contributed by atoms with Crippen molar-refractivity contribution in [1.82, 2.24) is 0 Å². The normalized spacial score (nSPS) is 9.67. The van der Waals surface area contributed by atoms with Crippen LogP contribution < -0.4 is 4.74 Å². The van der Waals surface area contributed by atoms with Crippen LogP contribution in [0.4, 0.5) is 0 Å². The predicted molar refractivity (Wildman–Crippen MR) is 51.3 cm³/mol. The number of hydrogen-bond donors (Lipinski definition) is 2. The molecule has 0 saturated heterocycles. The number of para-hydroxylation sites is 1. The smallest absolute Gasteiger partial charge is 0.341 e. The molecule has 0 atom stereocenters. The number of aliphatic carboxylic acids is 1. The van der Waals surface area contributed by atoms with E-state index in [0.29, 0.717) is 5.56 Å². The molecule has 15 heavy (non-hydrogen) atoms. The molecule has 0 amide bonds. The monoisotopic (exact) mass is 210 g/mol. The van der Waals surface area contributed by atoms with Crippen molar-refractivity contribution >= 4 is 11.9 Å². The molecule has 1 aromatic carbocycles. The van der Waals surface area contributed by atoms with E-state index in [9.17, 15) is 9.59 Å². The number of aryl methyl sites for hydroxylation is 1. The third kappa shape index (κ3) is 2.70. The molecule has 80 valence electrons. The number of aromatic carboxylic acids is 1. The molecule has 0 radical (unpaired) electrons. The predicted octanol–water partition coefficient (Wildman–Crippen LogP) is 1.16. The molecule has 2 N–H and O–H groups in total. The van der Waals surface area contributed by atoms with Crippen molar-refractivity contribution in [1.29, 1.82) is 0 Å². The summed E-state index contributed by atoms with van der Waals surface area (Å²) >= 11 is 0. The standard InChI is InChI=1S/C10H10O5/c1-6-3-2-4-7(10(13)14)9(6)15-5-8(11)12/h2-4H,5H2,1H3,(H,11,12)(H,13,14). The first-order valence-electron chi connectivity index (χ1n) is 4.20. The summed E-state index contributed by atoms with van der Waals surface area (Å²) < 4.78 is 4.91. The molecule has 0 heterocycles. The number of carboxylic acids is 2. The topological polar surface area (TPSA) is 83.8 Å². The fourth-order valence-corrected chi connectivity index (χ4v) is 1.15. The van der Waals surface area contributed by atoms with E-state index >= 15 is 0 Å². The van der Waals surface area contributed by atoms with Crippen molar-refractivity contribution in [3.8, 4) is 5.75 Å². The highest BCUT2D eigenvalue weighted by Gasteiger charge is 2.14. The van der Waals surface area contributed by atoms with Gasteiger partial charge in [0.25, 0.3) is 0 Å². The molecule has 1 rings (SSSR count). The maximum absolute atomic E-state index is 10.8. The van der Waals surface area contributed by atoms with Crippen LogP contribution in [-0.4, -0.2) is 28.8 Å². The minimum Gasteiger partial charge on any atom is -0.481 e. The Morgan fingerprint density at radius 1 is 1.33 bits per heavy atom. The van der Waals surface area contributed by atoms with E-state index in [4.69, 9.17) is 14.9 Å². The molecular formula is C10H10O5. The first-order chi connectivity index (χ1) is 7.02. The molecule has 5 heteroatoms. The van der Waals surface area contributed by atoms with Crippen molar-refractivity contribution in [3.63, 3.8) is 0 Å². The Bertz CT molecular complexity index is 397. The van der Waals surface area contributed by atoms with Gasteiger partial charge in [-0.05, 0) is 18.6 Å². The zero-order valence-electron chi connectivity index (χ0n) is 8.06. The molecule has 0 unspecified atom stereocenters. The van der Waals surface area contributed by atoms with Crippen molar-refractivity contribution in [2.75, 3.05) is 6.61 Å². The van der Waals surface area contributed by atoms with Crippen LogP contribution in [0.1, 0.15) is 15.9 Å². The number of carboxylic acid groups (broad SMARTS) is 2. The number of hydrogen-bond acceptors (Lipinski definition) is 3. The second-order valence-corrected chi connectivity index (χ2v) is 2.94.